The van der Waals surface area contributed by atoms with Crippen molar-refractivity contribution in [3.63, 3.8) is 0 Å². The molecule has 0 radical (unpaired) electrons. The van der Waals surface area contributed by atoms with Gasteiger partial charge in [0.15, 0.2) is 11.1 Å². The molecule has 1 amide bonds. The van der Waals surface area contributed by atoms with Gasteiger partial charge in [-0.1, -0.05) is 0 Å². The molecule has 0 saturated carbocycles. The Morgan fingerprint density at radius 1 is 1.58 bits per heavy atom. The van der Waals surface area contributed by atoms with E-state index < -0.39 is 11.1 Å². The summed E-state index contributed by atoms with van der Waals surface area (Å²) < 4.78 is 24.3. The predicted molar refractivity (Wildman–Crippen MR) is 46.5 cm³/mol. The third kappa shape index (κ3) is 5.33. The van der Waals surface area contributed by atoms with Gasteiger partial charge < -0.3 is 5.32 Å². The van der Waals surface area contributed by atoms with Crippen molar-refractivity contribution in [2.45, 2.75) is 6.92 Å². The molecule has 0 bridgehead atoms. The second-order valence-corrected chi connectivity index (χ2v) is 3.55. The molecule has 0 aromatic rings. The van der Waals surface area contributed by atoms with Gasteiger partial charge in [0.05, 0.1) is 0 Å². The summed E-state index contributed by atoms with van der Waals surface area (Å²) in [7, 11) is 1.33. The maximum absolute atomic E-state index is 10.7. The van der Waals surface area contributed by atoms with Crippen LogP contribution in [0, 0.1) is 0 Å². The maximum atomic E-state index is 10.7. The molecule has 0 rings (SSSR count). The highest BCUT2D eigenvalue weighted by atomic mass is 32.3. The fraction of sp³-hybridized carbons (Fsp3) is 0.800. The number of hydrogen-bond acceptors (Lipinski definition) is 5. The van der Waals surface area contributed by atoms with Crippen molar-refractivity contribution in [1.29, 1.82) is 0 Å². The molecule has 74 valence electrons. The van der Waals surface area contributed by atoms with Crippen LogP contribution in [-0.2, 0) is 8.98 Å². The van der Waals surface area contributed by atoms with Crippen LogP contribution < -0.4 is 10.0 Å². The molecule has 0 aromatic heterocycles. The largest absolute Gasteiger partial charge is 0.354 e. The Bertz CT molecular complexity index is 152. The van der Waals surface area contributed by atoms with E-state index in [0.29, 0.717) is 6.54 Å². The minimum absolute atomic E-state index is 0.364. The molecule has 0 saturated heterocycles. The number of carbonyl (C=O) groups excluding carboxylic acids is 1. The van der Waals surface area contributed by atoms with Crippen LogP contribution in [0.4, 0.5) is 0 Å². The number of rotatable bonds is 5. The van der Waals surface area contributed by atoms with Crippen LogP contribution in [0.1, 0.15) is 6.92 Å². The van der Waals surface area contributed by atoms with Crippen LogP contribution in [0.25, 0.3) is 0 Å². The molecule has 0 unspecified atom stereocenters. The van der Waals surface area contributed by atoms with Gasteiger partial charge in [0.1, 0.15) is 6.61 Å². The zero-order chi connectivity index (χ0) is 9.61. The molecule has 0 heterocycles. The first-order valence-corrected chi connectivity index (χ1v) is 4.86. The average molecular weight is 198 g/mol. The van der Waals surface area contributed by atoms with Crippen molar-refractivity contribution in [3.05, 3.63) is 0 Å². The van der Waals surface area contributed by atoms with Gasteiger partial charge >= 0.3 is 0 Å². The Kier molecular flexibility index (Phi) is 5.18. The summed E-state index contributed by atoms with van der Waals surface area (Å²) in [5, 5.41) is 2.44. The Morgan fingerprint density at radius 2 is 2.17 bits per heavy atom. The summed E-state index contributed by atoms with van der Waals surface area (Å²) in [6.45, 7) is 1.88. The van der Waals surface area contributed by atoms with Gasteiger partial charge in [0, 0.05) is 6.54 Å². The number of hydrogen-bond donors (Lipinski definition) is 4. The van der Waals surface area contributed by atoms with Crippen molar-refractivity contribution in [2.75, 3.05) is 20.2 Å². The van der Waals surface area contributed by atoms with E-state index in [4.69, 9.17) is 9.11 Å². The Labute approximate surface area is 73.0 Å². The van der Waals surface area contributed by atoms with Crippen LogP contribution in [0.3, 0.4) is 0 Å². The first-order chi connectivity index (χ1) is 5.52. The van der Waals surface area contributed by atoms with E-state index in [1.807, 2.05) is 0 Å². The molecule has 0 aromatic carbocycles. The van der Waals surface area contributed by atoms with Crippen molar-refractivity contribution in [3.8, 4) is 0 Å². The van der Waals surface area contributed by atoms with Crippen LogP contribution in [-0.4, -0.2) is 35.2 Å². The molecule has 6 nitrogen and oxygen atoms in total. The fourth-order valence-electron chi connectivity index (χ4n) is 0.443. The third-order valence-electron chi connectivity index (χ3n) is 0.994. The molecule has 0 fully saturated rings. The molecule has 0 spiro atoms. The van der Waals surface area contributed by atoms with E-state index >= 15 is 0 Å². The first-order valence-electron chi connectivity index (χ1n) is 3.39. The van der Waals surface area contributed by atoms with E-state index in [1.54, 1.807) is 6.92 Å². The minimum atomic E-state index is -3.24. The van der Waals surface area contributed by atoms with Crippen LogP contribution in [0.15, 0.2) is 0 Å². The van der Waals surface area contributed by atoms with Crippen LogP contribution >= 0.6 is 11.1 Å². The highest BCUT2D eigenvalue weighted by Crippen LogP contribution is 2.32. The van der Waals surface area contributed by atoms with E-state index in [0.717, 1.165) is 0 Å². The van der Waals surface area contributed by atoms with Gasteiger partial charge in [-0.05, 0) is 14.0 Å². The van der Waals surface area contributed by atoms with Gasteiger partial charge in [-0.2, -0.15) is 0 Å². The summed E-state index contributed by atoms with van der Waals surface area (Å²) in [5.41, 5.74) is 0. The molecule has 0 aliphatic carbocycles. The van der Waals surface area contributed by atoms with Gasteiger partial charge in [-0.15, -0.1) is 0 Å². The lowest BCUT2D eigenvalue weighted by Gasteiger charge is -2.24. The SMILES string of the molecule is CCNC(=O)COS(O)(O)NC. The topological polar surface area (TPSA) is 90.8 Å². The maximum Gasteiger partial charge on any atom is 0.247 e. The molecule has 12 heavy (non-hydrogen) atoms. The van der Waals surface area contributed by atoms with Crippen molar-refractivity contribution >= 4 is 17.0 Å². The standard InChI is InChI=1S/C5H14N2O4S/c1-3-7-5(8)4-11-12(9,10)6-2/h6,9-10H,3-4H2,1-2H3,(H,7,8). The zero-order valence-electron chi connectivity index (χ0n) is 7.03. The number of amides is 1. The van der Waals surface area contributed by atoms with Crippen LogP contribution in [0.5, 0.6) is 0 Å². The van der Waals surface area contributed by atoms with E-state index in [2.05, 4.69) is 14.2 Å². The molecule has 0 atom stereocenters. The Morgan fingerprint density at radius 3 is 2.58 bits per heavy atom. The molecular formula is C5H14N2O4S. The fourth-order valence-corrected chi connectivity index (χ4v) is 0.832. The van der Waals surface area contributed by atoms with Crippen molar-refractivity contribution < 1.29 is 18.1 Å². The van der Waals surface area contributed by atoms with Crippen molar-refractivity contribution in [2.24, 2.45) is 0 Å². The van der Waals surface area contributed by atoms with E-state index in [-0.39, 0.29) is 12.5 Å². The summed E-state index contributed by atoms with van der Waals surface area (Å²) in [6, 6.07) is 0. The van der Waals surface area contributed by atoms with Gasteiger partial charge in [0.2, 0.25) is 5.91 Å². The molecule has 7 heteroatoms. The van der Waals surface area contributed by atoms with Gasteiger partial charge in [0.25, 0.3) is 0 Å². The molecule has 0 aliphatic heterocycles. The highest BCUT2D eigenvalue weighted by molar-refractivity contribution is 8.18. The quantitative estimate of drug-likeness (QED) is 0.497. The smallest absolute Gasteiger partial charge is 0.247 e. The number of nitrogens with one attached hydrogen (secondary N) is 2. The van der Waals surface area contributed by atoms with E-state index in [9.17, 15) is 4.79 Å². The predicted octanol–water partition coefficient (Wildman–Crippen LogP) is -0.0609. The third-order valence-corrected chi connectivity index (χ3v) is 1.97. The number of carbonyl (C=O) groups is 1. The van der Waals surface area contributed by atoms with Gasteiger partial charge in [-0.25, -0.2) is 4.72 Å². The summed E-state index contributed by atoms with van der Waals surface area (Å²) in [5.74, 6) is -0.382. The Hall–Kier alpha value is -0.340. The van der Waals surface area contributed by atoms with E-state index in [1.165, 1.54) is 7.05 Å². The lowest BCUT2D eigenvalue weighted by molar-refractivity contribution is -0.123. The monoisotopic (exact) mass is 198 g/mol. The lowest BCUT2D eigenvalue weighted by Crippen LogP contribution is -2.29. The zero-order valence-corrected chi connectivity index (χ0v) is 7.85. The van der Waals surface area contributed by atoms with Gasteiger partial charge in [-0.3, -0.25) is 18.1 Å². The summed E-state index contributed by atoms with van der Waals surface area (Å²) >= 11 is -3.24. The Balaban J connectivity index is 3.60. The second kappa shape index (κ2) is 5.33. The molecule has 4 N–H and O–H groups in total. The first kappa shape index (κ1) is 11.7. The summed E-state index contributed by atoms with van der Waals surface area (Å²) in [6.07, 6.45) is 0. The minimum Gasteiger partial charge on any atom is -0.354 e. The molecule has 0 aliphatic rings. The lowest BCUT2D eigenvalue weighted by atomic mass is 10.6. The second-order valence-electron chi connectivity index (χ2n) is 1.92. The average Bonchev–Trinajstić information content (AvgIpc) is 2.02. The number of likely N-dealkylation sites (N-methyl/N-ethyl adjacent to an activating group) is 1. The van der Waals surface area contributed by atoms with Crippen LogP contribution in [0.2, 0.25) is 0 Å². The normalized spacial score (nSPS) is 12.7. The summed E-state index contributed by atoms with van der Waals surface area (Å²) in [4.78, 5) is 10.7. The highest BCUT2D eigenvalue weighted by Gasteiger charge is 2.15. The van der Waals surface area contributed by atoms with Crippen molar-refractivity contribution in [1.82, 2.24) is 10.0 Å². The molecular weight excluding hydrogens is 184 g/mol.